The fourth-order valence-electron chi connectivity index (χ4n) is 1.13. The van der Waals surface area contributed by atoms with Crippen LogP contribution in [-0.2, 0) is 4.79 Å². The maximum Gasteiger partial charge on any atom is 0.321 e. The molecule has 3 amide bonds. The molecular formula is C11H19N5O2S2. The highest BCUT2D eigenvalue weighted by molar-refractivity contribution is 8.01. The summed E-state index contributed by atoms with van der Waals surface area (Å²) in [5.41, 5.74) is 0. The topological polar surface area (TPSA) is 96.0 Å². The second kappa shape index (κ2) is 8.75. The number of hydrogen-bond donors (Lipinski definition) is 3. The minimum Gasteiger partial charge on any atom is -0.360 e. The monoisotopic (exact) mass is 317 g/mol. The summed E-state index contributed by atoms with van der Waals surface area (Å²) in [5, 5.41) is 16.6. The highest BCUT2D eigenvalue weighted by Crippen LogP contribution is 2.25. The maximum absolute atomic E-state index is 11.5. The quantitative estimate of drug-likeness (QED) is 0.660. The third kappa shape index (κ3) is 6.71. The lowest BCUT2D eigenvalue weighted by Crippen LogP contribution is -2.40. The van der Waals surface area contributed by atoms with Gasteiger partial charge in [0.15, 0.2) is 4.34 Å². The smallest absolute Gasteiger partial charge is 0.321 e. The summed E-state index contributed by atoms with van der Waals surface area (Å²) in [5.74, 6) is 0.307. The van der Waals surface area contributed by atoms with Crippen molar-refractivity contribution in [3.8, 4) is 0 Å². The number of amides is 3. The summed E-state index contributed by atoms with van der Waals surface area (Å²) in [6, 6.07) is -0.477. The van der Waals surface area contributed by atoms with Gasteiger partial charge in [0.25, 0.3) is 0 Å². The van der Waals surface area contributed by atoms with E-state index in [0.29, 0.717) is 16.8 Å². The minimum atomic E-state index is -0.477. The number of nitrogens with zero attached hydrogens (tertiary/aromatic N) is 2. The number of carbonyl (C=O) groups is 2. The molecule has 0 saturated carbocycles. The molecule has 3 N–H and O–H groups in total. The summed E-state index contributed by atoms with van der Waals surface area (Å²) in [6.45, 7) is 7.31. The maximum atomic E-state index is 11.5. The molecule has 0 saturated heterocycles. The van der Waals surface area contributed by atoms with Crippen molar-refractivity contribution in [1.29, 1.82) is 0 Å². The average Bonchev–Trinajstić information content (AvgIpc) is 2.82. The number of anilines is 1. The first-order valence-electron chi connectivity index (χ1n) is 6.29. The number of carbonyl (C=O) groups excluding carboxylic acids is 2. The molecular weight excluding hydrogens is 298 g/mol. The van der Waals surface area contributed by atoms with Gasteiger partial charge in [0.2, 0.25) is 11.0 Å². The molecule has 0 aliphatic carbocycles. The second-order valence-corrected chi connectivity index (χ2v) is 6.54. The van der Waals surface area contributed by atoms with E-state index in [-0.39, 0.29) is 11.7 Å². The fraction of sp³-hybridized carbons (Fsp3) is 0.636. The van der Waals surface area contributed by atoms with Crippen LogP contribution < -0.4 is 16.0 Å². The Labute approximate surface area is 126 Å². The Kier molecular flexibility index (Phi) is 7.31. The van der Waals surface area contributed by atoms with Crippen molar-refractivity contribution in [2.75, 3.05) is 24.2 Å². The van der Waals surface area contributed by atoms with Gasteiger partial charge in [-0.15, -0.1) is 10.2 Å². The predicted octanol–water partition coefficient (Wildman–Crippen LogP) is 1.54. The van der Waals surface area contributed by atoms with Crippen molar-refractivity contribution in [3.63, 3.8) is 0 Å². The Hall–Kier alpha value is -1.35. The van der Waals surface area contributed by atoms with Crippen LogP contribution in [0.25, 0.3) is 0 Å². The van der Waals surface area contributed by atoms with Crippen LogP contribution in [0.3, 0.4) is 0 Å². The van der Waals surface area contributed by atoms with Crippen LogP contribution in [-0.4, -0.2) is 41.0 Å². The molecule has 0 spiro atoms. The third-order valence-corrected chi connectivity index (χ3v) is 4.00. The molecule has 0 aliphatic heterocycles. The summed E-state index contributed by atoms with van der Waals surface area (Å²) in [7, 11) is 0. The van der Waals surface area contributed by atoms with E-state index in [1.807, 2.05) is 0 Å². The molecule has 0 aromatic carbocycles. The largest absolute Gasteiger partial charge is 0.360 e. The second-order valence-electron chi connectivity index (χ2n) is 4.34. The number of hydrogen-bond acceptors (Lipinski definition) is 7. The van der Waals surface area contributed by atoms with Gasteiger partial charge < -0.3 is 10.6 Å². The van der Waals surface area contributed by atoms with Crippen molar-refractivity contribution < 1.29 is 9.59 Å². The van der Waals surface area contributed by atoms with E-state index >= 15 is 0 Å². The standard InChI is InChI=1S/C11H19N5O2S2/c1-4-12-9(18)14-8(17)6-19-11-16-15-10(20-11)13-5-7(2)3/h7H,4-6H2,1-3H3,(H,13,15)(H2,12,14,17,18). The number of thioether (sulfide) groups is 1. The van der Waals surface area contributed by atoms with Crippen molar-refractivity contribution in [3.05, 3.63) is 0 Å². The van der Waals surface area contributed by atoms with Gasteiger partial charge in [-0.25, -0.2) is 4.79 Å². The fourth-order valence-corrected chi connectivity index (χ4v) is 2.68. The van der Waals surface area contributed by atoms with Gasteiger partial charge in [-0.1, -0.05) is 36.9 Å². The lowest BCUT2D eigenvalue weighted by atomic mass is 10.2. The molecule has 9 heteroatoms. The molecule has 0 unspecified atom stereocenters. The van der Waals surface area contributed by atoms with E-state index in [9.17, 15) is 9.59 Å². The van der Waals surface area contributed by atoms with E-state index in [2.05, 4.69) is 40.0 Å². The minimum absolute atomic E-state index is 0.135. The van der Waals surface area contributed by atoms with Gasteiger partial charge >= 0.3 is 6.03 Å². The summed E-state index contributed by atoms with van der Waals surface area (Å²) >= 11 is 2.65. The van der Waals surface area contributed by atoms with Gasteiger partial charge in [-0.3, -0.25) is 10.1 Å². The van der Waals surface area contributed by atoms with E-state index in [4.69, 9.17) is 0 Å². The molecule has 7 nitrogen and oxygen atoms in total. The molecule has 0 atom stereocenters. The van der Waals surface area contributed by atoms with Gasteiger partial charge in [0, 0.05) is 13.1 Å². The van der Waals surface area contributed by atoms with Gasteiger partial charge in [-0.05, 0) is 12.8 Å². The third-order valence-electron chi connectivity index (χ3n) is 1.99. The van der Waals surface area contributed by atoms with E-state index in [1.54, 1.807) is 6.92 Å². The van der Waals surface area contributed by atoms with Crippen molar-refractivity contribution in [1.82, 2.24) is 20.8 Å². The van der Waals surface area contributed by atoms with Crippen LogP contribution >= 0.6 is 23.1 Å². The predicted molar refractivity (Wildman–Crippen MR) is 81.2 cm³/mol. The molecule has 0 bridgehead atoms. The molecule has 1 rings (SSSR count). The van der Waals surface area contributed by atoms with Crippen molar-refractivity contribution >= 4 is 40.2 Å². The Morgan fingerprint density at radius 1 is 1.35 bits per heavy atom. The van der Waals surface area contributed by atoms with Gasteiger partial charge in [0.05, 0.1) is 5.75 Å². The Morgan fingerprint density at radius 2 is 2.10 bits per heavy atom. The zero-order valence-corrected chi connectivity index (χ0v) is 13.4. The normalized spacial score (nSPS) is 10.4. The number of aromatic nitrogens is 2. The van der Waals surface area contributed by atoms with E-state index in [1.165, 1.54) is 23.1 Å². The summed E-state index contributed by atoms with van der Waals surface area (Å²) in [6.07, 6.45) is 0. The van der Waals surface area contributed by atoms with Crippen molar-refractivity contribution in [2.45, 2.75) is 25.1 Å². The number of imide groups is 1. The molecule has 0 radical (unpaired) electrons. The lowest BCUT2D eigenvalue weighted by Gasteiger charge is -2.03. The summed E-state index contributed by atoms with van der Waals surface area (Å²) in [4.78, 5) is 22.6. The van der Waals surface area contributed by atoms with Crippen LogP contribution in [0.4, 0.5) is 9.93 Å². The molecule has 1 aromatic heterocycles. The van der Waals surface area contributed by atoms with Gasteiger partial charge in [-0.2, -0.15) is 0 Å². The van der Waals surface area contributed by atoms with Crippen LogP contribution in [0.5, 0.6) is 0 Å². The highest BCUT2D eigenvalue weighted by atomic mass is 32.2. The Morgan fingerprint density at radius 3 is 2.75 bits per heavy atom. The average molecular weight is 317 g/mol. The van der Waals surface area contributed by atoms with Crippen LogP contribution in [0.1, 0.15) is 20.8 Å². The Balaban J connectivity index is 2.31. The van der Waals surface area contributed by atoms with E-state index < -0.39 is 6.03 Å². The number of nitrogens with one attached hydrogen (secondary N) is 3. The first kappa shape index (κ1) is 16.7. The lowest BCUT2D eigenvalue weighted by molar-refractivity contribution is -0.117. The first-order valence-corrected chi connectivity index (χ1v) is 8.09. The SMILES string of the molecule is CCNC(=O)NC(=O)CSc1nnc(NCC(C)C)s1. The number of rotatable bonds is 7. The van der Waals surface area contributed by atoms with Crippen LogP contribution in [0, 0.1) is 5.92 Å². The molecule has 0 aliphatic rings. The van der Waals surface area contributed by atoms with Crippen molar-refractivity contribution in [2.24, 2.45) is 5.92 Å². The zero-order valence-electron chi connectivity index (χ0n) is 11.7. The zero-order chi connectivity index (χ0) is 15.0. The number of urea groups is 1. The first-order chi connectivity index (χ1) is 9.51. The molecule has 1 heterocycles. The molecule has 112 valence electrons. The van der Waals surface area contributed by atoms with E-state index in [0.717, 1.165) is 11.7 Å². The molecule has 20 heavy (non-hydrogen) atoms. The van der Waals surface area contributed by atoms with Crippen LogP contribution in [0.2, 0.25) is 0 Å². The molecule has 0 fully saturated rings. The van der Waals surface area contributed by atoms with Gasteiger partial charge in [0.1, 0.15) is 0 Å². The Bertz CT molecular complexity index is 450. The van der Waals surface area contributed by atoms with Crippen LogP contribution in [0.15, 0.2) is 4.34 Å². The summed E-state index contributed by atoms with van der Waals surface area (Å²) < 4.78 is 0.697. The molecule has 1 aromatic rings. The highest BCUT2D eigenvalue weighted by Gasteiger charge is 2.10.